The molecule has 0 N–H and O–H groups in total. The zero-order chi connectivity index (χ0) is 5.15. The van der Waals surface area contributed by atoms with Crippen LogP contribution < -0.4 is 0 Å². The highest BCUT2D eigenvalue weighted by Gasteiger charge is 1.91. The molecule has 0 amide bonds. The lowest BCUT2D eigenvalue weighted by molar-refractivity contribution is 0.627. The van der Waals surface area contributed by atoms with Crippen molar-refractivity contribution in [3.63, 3.8) is 0 Å². The van der Waals surface area contributed by atoms with Gasteiger partial charge in [0, 0.05) is 0 Å². The highest BCUT2D eigenvalue weighted by molar-refractivity contribution is 14.1. The van der Waals surface area contributed by atoms with Crippen molar-refractivity contribution in [3.8, 4) is 0 Å². The highest BCUT2D eigenvalue weighted by Crippen LogP contribution is 2.19. The number of hydrogen-bond donors (Lipinski definition) is 0. The quantitative estimate of drug-likeness (QED) is 0.593. The van der Waals surface area contributed by atoms with Crippen LogP contribution in [0.5, 0.6) is 0 Å². The van der Waals surface area contributed by atoms with Crippen LogP contribution in [0.25, 0.3) is 0 Å². The molecule has 0 aliphatic rings. The summed E-state index contributed by atoms with van der Waals surface area (Å²) in [5.74, 6) is 0. The van der Waals surface area contributed by atoms with Crippen molar-refractivity contribution in [3.05, 3.63) is 8.57 Å². The van der Waals surface area contributed by atoms with E-state index in [2.05, 4.69) is 15.9 Å². The molecule has 0 saturated carbocycles. The van der Waals surface area contributed by atoms with Crippen LogP contribution in [0.3, 0.4) is 0 Å². The maximum Gasteiger partial charge on any atom is 0.207 e. The van der Waals surface area contributed by atoms with Crippen molar-refractivity contribution < 1.29 is 8.78 Å². The minimum absolute atomic E-state index is 0.854. The van der Waals surface area contributed by atoms with Gasteiger partial charge < -0.3 is 0 Å². The molecule has 0 heterocycles. The lowest BCUT2D eigenvalue weighted by Gasteiger charge is -1.73. The van der Waals surface area contributed by atoms with Crippen molar-refractivity contribution in [1.82, 2.24) is 0 Å². The van der Waals surface area contributed by atoms with Crippen LogP contribution in [-0.4, -0.2) is 0 Å². The molecule has 0 aromatic rings. The van der Waals surface area contributed by atoms with Gasteiger partial charge in [0.1, 0.15) is 0 Å². The molecular formula is C2BrF2I. The summed E-state index contributed by atoms with van der Waals surface area (Å²) in [4.78, 5) is 0. The summed E-state index contributed by atoms with van der Waals surface area (Å²) in [6.07, 6.45) is 0. The summed E-state index contributed by atoms with van der Waals surface area (Å²) < 4.78 is 20.7. The Kier molecular flexibility index (Phi) is 3.29. The van der Waals surface area contributed by atoms with Gasteiger partial charge in [-0.1, -0.05) is 0 Å². The van der Waals surface area contributed by atoms with Gasteiger partial charge in [0.05, 0.1) is 0 Å². The SMILES string of the molecule is FC(Br)=C(F)I. The van der Waals surface area contributed by atoms with E-state index >= 15 is 0 Å². The molecule has 4 heteroatoms. The van der Waals surface area contributed by atoms with Crippen LogP contribution in [0.15, 0.2) is 8.57 Å². The predicted octanol–water partition coefficient (Wildman–Crippen LogP) is 2.88. The van der Waals surface area contributed by atoms with Crippen LogP contribution >= 0.6 is 38.5 Å². The summed E-state index contributed by atoms with van der Waals surface area (Å²) in [5.41, 5.74) is 0. The first-order chi connectivity index (χ1) is 2.64. The molecule has 0 spiro atoms. The third kappa shape index (κ3) is 3.02. The van der Waals surface area contributed by atoms with E-state index in [0.717, 1.165) is 0 Å². The third-order valence-corrected chi connectivity index (χ3v) is 1.71. The fourth-order valence-electron chi connectivity index (χ4n) is 0. The minimum Gasteiger partial charge on any atom is -0.196 e. The molecule has 0 bridgehead atoms. The lowest BCUT2D eigenvalue weighted by atomic mass is 11.2. The summed E-state index contributed by atoms with van der Waals surface area (Å²) in [5, 5.41) is 0. The Morgan fingerprint density at radius 3 is 1.67 bits per heavy atom. The van der Waals surface area contributed by atoms with Gasteiger partial charge in [-0.15, -0.1) is 0 Å². The van der Waals surface area contributed by atoms with Crippen molar-refractivity contribution in [2.24, 2.45) is 0 Å². The molecule has 0 aliphatic carbocycles. The molecule has 0 fully saturated rings. The van der Waals surface area contributed by atoms with Crippen LogP contribution in [0.2, 0.25) is 0 Å². The van der Waals surface area contributed by atoms with E-state index in [1.54, 1.807) is 0 Å². The van der Waals surface area contributed by atoms with E-state index < -0.39 is 8.57 Å². The maximum atomic E-state index is 11.3. The Morgan fingerprint density at radius 2 is 1.67 bits per heavy atom. The van der Waals surface area contributed by atoms with E-state index in [1.165, 1.54) is 22.6 Å². The number of halogens is 4. The van der Waals surface area contributed by atoms with Crippen molar-refractivity contribution in [1.29, 1.82) is 0 Å². The Labute approximate surface area is 55.9 Å². The first-order valence-electron chi connectivity index (χ1n) is 1.01. The molecule has 0 unspecified atom stereocenters. The topological polar surface area (TPSA) is 0 Å². The fourth-order valence-corrected chi connectivity index (χ4v) is 0. The molecule has 36 valence electrons. The average molecular weight is 269 g/mol. The zero-order valence-corrected chi connectivity index (χ0v) is 6.26. The van der Waals surface area contributed by atoms with Crippen LogP contribution in [-0.2, 0) is 0 Å². The van der Waals surface area contributed by atoms with Gasteiger partial charge in [-0.2, -0.15) is 8.78 Å². The highest BCUT2D eigenvalue weighted by atomic mass is 127. The van der Waals surface area contributed by atoms with Crippen LogP contribution in [0.1, 0.15) is 0 Å². The van der Waals surface area contributed by atoms with Gasteiger partial charge in [0.2, 0.25) is 8.57 Å². The van der Waals surface area contributed by atoms with E-state index in [-0.39, 0.29) is 0 Å². The Balaban J connectivity index is 3.68. The third-order valence-electron chi connectivity index (χ3n) is 0.143. The molecule has 0 rings (SSSR count). The van der Waals surface area contributed by atoms with Gasteiger partial charge in [-0.05, 0) is 38.5 Å². The zero-order valence-electron chi connectivity index (χ0n) is 2.51. The Morgan fingerprint density at radius 1 is 1.50 bits per heavy atom. The smallest absolute Gasteiger partial charge is 0.196 e. The Bertz CT molecular complexity index is 61.6. The van der Waals surface area contributed by atoms with Crippen molar-refractivity contribution >= 4 is 38.5 Å². The number of rotatable bonds is 0. The maximum absolute atomic E-state index is 11.3. The summed E-state index contributed by atoms with van der Waals surface area (Å²) in [6.45, 7) is 0. The van der Waals surface area contributed by atoms with E-state index in [0.29, 0.717) is 0 Å². The Hall–Kier alpha value is 0.810. The fraction of sp³-hybridized carbons (Fsp3) is 0. The normalized spacial score (nSPS) is 14.0. The largest absolute Gasteiger partial charge is 0.207 e. The van der Waals surface area contributed by atoms with E-state index in [4.69, 9.17) is 0 Å². The van der Waals surface area contributed by atoms with Crippen molar-refractivity contribution in [2.45, 2.75) is 0 Å². The average Bonchev–Trinajstić information content (AvgIpc) is 1.36. The van der Waals surface area contributed by atoms with E-state index in [1.807, 2.05) is 0 Å². The van der Waals surface area contributed by atoms with Crippen LogP contribution in [0.4, 0.5) is 8.78 Å². The monoisotopic (exact) mass is 268 g/mol. The van der Waals surface area contributed by atoms with Gasteiger partial charge in [0.15, 0.2) is 0 Å². The molecule has 0 radical (unpaired) electrons. The van der Waals surface area contributed by atoms with Crippen LogP contribution in [0, 0.1) is 0 Å². The molecule has 0 aromatic carbocycles. The second-order valence-corrected chi connectivity index (χ2v) is 2.16. The molecule has 0 aliphatic heterocycles. The molecule has 0 saturated heterocycles. The van der Waals surface area contributed by atoms with Gasteiger partial charge in [0.25, 0.3) is 0 Å². The van der Waals surface area contributed by atoms with Gasteiger partial charge in [-0.25, -0.2) is 0 Å². The molecule has 0 atom stereocenters. The summed E-state index contributed by atoms with van der Waals surface area (Å²) in [7, 11) is 0. The standard InChI is InChI=1S/C2BrF2I/c3-1(4)2(5)6. The predicted molar refractivity (Wildman–Crippen MR) is 32.2 cm³/mol. The van der Waals surface area contributed by atoms with Gasteiger partial charge in [-0.3, -0.25) is 0 Å². The minimum atomic E-state index is -0.942. The molecule has 0 aromatic heterocycles. The first-order valence-corrected chi connectivity index (χ1v) is 2.88. The first kappa shape index (κ1) is 6.81. The van der Waals surface area contributed by atoms with Gasteiger partial charge >= 0.3 is 0 Å². The van der Waals surface area contributed by atoms with E-state index in [9.17, 15) is 8.78 Å². The molecular weight excluding hydrogens is 269 g/mol. The summed E-state index contributed by atoms with van der Waals surface area (Å²) in [6, 6.07) is 0. The molecule has 0 nitrogen and oxygen atoms in total. The van der Waals surface area contributed by atoms with Crippen molar-refractivity contribution in [2.75, 3.05) is 0 Å². The summed E-state index contributed by atoms with van der Waals surface area (Å²) >= 11 is 3.49. The molecule has 6 heavy (non-hydrogen) atoms. The second kappa shape index (κ2) is 2.90. The second-order valence-electron chi connectivity index (χ2n) is 0.521. The lowest BCUT2D eigenvalue weighted by Crippen LogP contribution is -1.50. The number of hydrogen-bond acceptors (Lipinski definition) is 0.